The van der Waals surface area contributed by atoms with Crippen molar-refractivity contribution in [3.8, 4) is 67.3 Å². The van der Waals surface area contributed by atoms with Gasteiger partial charge in [0.25, 0.3) is 0 Å². The van der Waals surface area contributed by atoms with Crippen LogP contribution in [0.3, 0.4) is 0 Å². The molecule has 326 valence electrons. The molecule has 68 heavy (non-hydrogen) atoms. The van der Waals surface area contributed by atoms with Gasteiger partial charge in [0.15, 0.2) is 0 Å². The van der Waals surface area contributed by atoms with Crippen LogP contribution in [0.15, 0.2) is 213 Å². The fourth-order valence-electron chi connectivity index (χ4n) is 9.85. The highest BCUT2D eigenvalue weighted by atomic mass is 19.4. The monoisotopic (exact) mass is 894 g/mol. The van der Waals surface area contributed by atoms with Crippen molar-refractivity contribution in [3.63, 3.8) is 0 Å². The largest absolute Gasteiger partial charge is 0.416 e. The van der Waals surface area contributed by atoms with E-state index in [4.69, 9.17) is 9.97 Å². The SMILES string of the molecule is Fc1cccc(F)c1-c1c(-n2c3ccccc3c3cc(-c4cccnc4-c4ccccc4)ccc32)cc(C(F)(F)F)cc1-n1c2ccccc2c2cc(-c3cccnc3-c3ccccc3)ccc21. The number of alkyl halides is 3. The first kappa shape index (κ1) is 40.8. The Hall–Kier alpha value is -8.69. The third-order valence-electron chi connectivity index (χ3n) is 12.8. The summed E-state index contributed by atoms with van der Waals surface area (Å²) in [6.45, 7) is 0. The van der Waals surface area contributed by atoms with Gasteiger partial charge in [-0.05, 0) is 83.9 Å². The molecule has 0 saturated carbocycles. The van der Waals surface area contributed by atoms with Crippen molar-refractivity contribution >= 4 is 43.6 Å². The zero-order valence-corrected chi connectivity index (χ0v) is 35.9. The van der Waals surface area contributed by atoms with E-state index in [-0.39, 0.29) is 16.9 Å². The molecule has 0 aliphatic rings. The van der Waals surface area contributed by atoms with Gasteiger partial charge in [-0.1, -0.05) is 127 Å². The van der Waals surface area contributed by atoms with Crippen LogP contribution in [0.1, 0.15) is 5.56 Å². The Morgan fingerprint density at radius 3 is 1.24 bits per heavy atom. The molecular formula is C59H35F5N4. The van der Waals surface area contributed by atoms with Crippen molar-refractivity contribution in [3.05, 3.63) is 230 Å². The van der Waals surface area contributed by atoms with E-state index in [1.807, 2.05) is 158 Å². The van der Waals surface area contributed by atoms with Crippen LogP contribution in [0, 0.1) is 11.6 Å². The molecule has 4 nitrogen and oxygen atoms in total. The van der Waals surface area contributed by atoms with Crippen LogP contribution < -0.4 is 0 Å². The molecule has 0 spiro atoms. The van der Waals surface area contributed by atoms with Gasteiger partial charge in [-0.3, -0.25) is 9.97 Å². The van der Waals surface area contributed by atoms with Gasteiger partial charge in [0, 0.05) is 61.8 Å². The van der Waals surface area contributed by atoms with E-state index in [0.29, 0.717) is 22.1 Å². The molecule has 0 aliphatic carbocycles. The Bertz CT molecular complexity index is 3690. The Labute approximate surface area is 386 Å². The normalized spacial score (nSPS) is 11.9. The Morgan fingerprint density at radius 1 is 0.353 bits per heavy atom. The van der Waals surface area contributed by atoms with Crippen LogP contribution in [0.25, 0.3) is 111 Å². The number of halogens is 5. The van der Waals surface area contributed by atoms with Crippen molar-refractivity contribution in [1.82, 2.24) is 19.1 Å². The topological polar surface area (TPSA) is 35.6 Å². The molecule has 0 atom stereocenters. The van der Waals surface area contributed by atoms with Crippen molar-refractivity contribution in [1.29, 1.82) is 0 Å². The van der Waals surface area contributed by atoms with E-state index < -0.39 is 28.9 Å². The van der Waals surface area contributed by atoms with Crippen LogP contribution >= 0.6 is 0 Å². The van der Waals surface area contributed by atoms with Crippen molar-refractivity contribution < 1.29 is 22.0 Å². The number of hydrogen-bond donors (Lipinski definition) is 0. The molecule has 0 fully saturated rings. The molecule has 0 N–H and O–H groups in total. The molecule has 0 amide bonds. The van der Waals surface area contributed by atoms with E-state index in [1.54, 1.807) is 33.7 Å². The molecular weight excluding hydrogens is 860 g/mol. The van der Waals surface area contributed by atoms with E-state index in [1.165, 1.54) is 6.07 Å². The van der Waals surface area contributed by atoms with Crippen molar-refractivity contribution in [2.75, 3.05) is 0 Å². The number of benzene rings is 8. The average molecular weight is 895 g/mol. The number of nitrogens with zero attached hydrogens (tertiary/aromatic N) is 4. The van der Waals surface area contributed by atoms with E-state index in [9.17, 15) is 0 Å². The zero-order valence-electron chi connectivity index (χ0n) is 35.9. The molecule has 8 aromatic carbocycles. The number of para-hydroxylation sites is 2. The summed E-state index contributed by atoms with van der Waals surface area (Å²) in [5.74, 6) is -1.85. The van der Waals surface area contributed by atoms with Crippen LogP contribution in [0.5, 0.6) is 0 Å². The molecule has 0 bridgehead atoms. The summed E-state index contributed by atoms with van der Waals surface area (Å²) in [7, 11) is 0. The standard InChI is InChI=1S/C59H35F5N4/c60-47-22-11-23-48(61)55(47)56-53(67-49-24-9-7-18-43(49)45-32-38(26-28-51(45)67)41-20-12-30-65-57(41)36-14-3-1-4-15-36)34-40(59(62,63)64)35-54(56)68-50-25-10-8-19-44(50)46-33-39(27-29-52(46)68)42-21-13-31-66-58(42)37-16-5-2-6-17-37/h1-35H. The summed E-state index contributed by atoms with van der Waals surface area (Å²) in [6, 6.07) is 59.3. The molecule has 0 radical (unpaired) electrons. The quantitative estimate of drug-likeness (QED) is 0.149. The lowest BCUT2D eigenvalue weighted by Gasteiger charge is -2.23. The second-order valence-corrected chi connectivity index (χ2v) is 16.7. The number of fused-ring (bicyclic) bond motifs is 6. The highest BCUT2D eigenvalue weighted by Crippen LogP contribution is 2.47. The minimum Gasteiger partial charge on any atom is -0.309 e. The van der Waals surface area contributed by atoms with Gasteiger partial charge >= 0.3 is 6.18 Å². The highest BCUT2D eigenvalue weighted by molar-refractivity contribution is 6.13. The summed E-state index contributed by atoms with van der Waals surface area (Å²) in [5, 5.41) is 2.94. The van der Waals surface area contributed by atoms with E-state index in [2.05, 4.69) is 0 Å². The number of hydrogen-bond acceptors (Lipinski definition) is 2. The van der Waals surface area contributed by atoms with E-state index in [0.717, 1.165) is 90.6 Å². The molecule has 0 aliphatic heterocycles. The zero-order chi connectivity index (χ0) is 46.1. The lowest BCUT2D eigenvalue weighted by atomic mass is 9.96. The number of rotatable bonds is 7. The Balaban J connectivity index is 1.17. The van der Waals surface area contributed by atoms with Gasteiger partial charge < -0.3 is 9.13 Å². The third-order valence-corrected chi connectivity index (χ3v) is 12.8. The van der Waals surface area contributed by atoms with Crippen LogP contribution in [0.4, 0.5) is 22.0 Å². The highest BCUT2D eigenvalue weighted by Gasteiger charge is 2.35. The van der Waals surface area contributed by atoms with Crippen molar-refractivity contribution in [2.45, 2.75) is 6.18 Å². The third kappa shape index (κ3) is 6.65. The molecule has 9 heteroatoms. The summed E-state index contributed by atoms with van der Waals surface area (Å²) in [5.41, 5.74) is 7.39. The van der Waals surface area contributed by atoms with E-state index >= 15 is 22.0 Å². The summed E-state index contributed by atoms with van der Waals surface area (Å²) in [4.78, 5) is 9.48. The minimum atomic E-state index is -4.87. The van der Waals surface area contributed by atoms with Gasteiger partial charge in [-0.2, -0.15) is 13.2 Å². The predicted molar refractivity (Wildman–Crippen MR) is 263 cm³/mol. The predicted octanol–water partition coefficient (Wildman–Crippen LogP) is 16.3. The lowest BCUT2D eigenvalue weighted by molar-refractivity contribution is -0.137. The fourth-order valence-corrected chi connectivity index (χ4v) is 9.85. The molecule has 4 aromatic heterocycles. The summed E-state index contributed by atoms with van der Waals surface area (Å²) >= 11 is 0. The first-order valence-corrected chi connectivity index (χ1v) is 22.0. The van der Waals surface area contributed by atoms with Crippen LogP contribution in [-0.2, 0) is 6.18 Å². The first-order valence-electron chi connectivity index (χ1n) is 22.0. The maximum absolute atomic E-state index is 16.7. The molecule has 12 aromatic rings. The molecule has 12 rings (SSSR count). The molecule has 0 saturated heterocycles. The lowest BCUT2D eigenvalue weighted by Crippen LogP contribution is -2.12. The van der Waals surface area contributed by atoms with Gasteiger partial charge in [-0.25, -0.2) is 8.78 Å². The maximum Gasteiger partial charge on any atom is 0.416 e. The minimum absolute atomic E-state index is 0.0467. The summed E-state index contributed by atoms with van der Waals surface area (Å²) < 4.78 is 83.7. The average Bonchev–Trinajstić information content (AvgIpc) is 3.88. The van der Waals surface area contributed by atoms with Gasteiger partial charge in [-0.15, -0.1) is 0 Å². The number of aromatic nitrogens is 4. The van der Waals surface area contributed by atoms with Crippen LogP contribution in [-0.4, -0.2) is 19.1 Å². The van der Waals surface area contributed by atoms with Gasteiger partial charge in [0.05, 0.1) is 56.0 Å². The van der Waals surface area contributed by atoms with Crippen LogP contribution in [0.2, 0.25) is 0 Å². The second-order valence-electron chi connectivity index (χ2n) is 16.7. The fraction of sp³-hybridized carbons (Fsp3) is 0.0169. The first-order chi connectivity index (χ1) is 33.2. The van der Waals surface area contributed by atoms with Crippen molar-refractivity contribution in [2.24, 2.45) is 0 Å². The smallest absolute Gasteiger partial charge is 0.309 e. The number of pyridine rings is 2. The molecule has 0 unspecified atom stereocenters. The molecule has 4 heterocycles. The van der Waals surface area contributed by atoms with Gasteiger partial charge in [0.1, 0.15) is 11.6 Å². The second kappa shape index (κ2) is 16.0. The maximum atomic E-state index is 16.7. The Kier molecular flexibility index (Phi) is 9.62. The Morgan fingerprint density at radius 2 is 0.779 bits per heavy atom. The van der Waals surface area contributed by atoms with Gasteiger partial charge in [0.2, 0.25) is 0 Å². The summed E-state index contributed by atoms with van der Waals surface area (Å²) in [6.07, 6.45) is -1.39.